The Morgan fingerprint density at radius 1 is 0.759 bits per heavy atom. The van der Waals surface area contributed by atoms with Crippen LogP contribution in [0.5, 0.6) is 0 Å². The molecule has 0 aliphatic rings. The van der Waals surface area contributed by atoms with Crippen LogP contribution in [0, 0.1) is 56.5 Å². The first-order valence-electron chi connectivity index (χ1n) is 8.42. The summed E-state index contributed by atoms with van der Waals surface area (Å²) in [6.07, 6.45) is 3.60. The molecule has 0 bridgehead atoms. The molecule has 1 N–H and O–H groups in total. The molecule has 4 rings (SSSR count). The van der Waals surface area contributed by atoms with Crippen LogP contribution in [0.3, 0.4) is 0 Å². The SMILES string of the molecule is CC(C)([CH]=[Mo+2]=[NH])c1ccccc1.[Ar].[CH3-].[CH3-].c1cnc2c(c1)ccc1cccnc12. The van der Waals surface area contributed by atoms with Crippen molar-refractivity contribution in [2.45, 2.75) is 19.3 Å². The Hall–Kier alpha value is -1.12. The van der Waals surface area contributed by atoms with Crippen LogP contribution >= 0.6 is 0 Å². The zero-order chi connectivity index (χ0) is 18.4. The first-order chi connectivity index (χ1) is 12.6. The second-order valence-corrected chi connectivity index (χ2v) is 7.70. The summed E-state index contributed by atoms with van der Waals surface area (Å²) in [5.74, 6) is 0. The Balaban J connectivity index is 0.000000496. The minimum atomic E-state index is -0.639. The zero-order valence-electron chi connectivity index (χ0n) is 17.2. The summed E-state index contributed by atoms with van der Waals surface area (Å²) < 4.78 is 9.43. The van der Waals surface area contributed by atoms with Gasteiger partial charge in [0.05, 0.1) is 11.0 Å². The van der Waals surface area contributed by atoms with Crippen LogP contribution in [0.2, 0.25) is 0 Å². The van der Waals surface area contributed by atoms with Crippen molar-refractivity contribution in [3.05, 3.63) is 99.5 Å². The molecule has 2 aromatic carbocycles. The third-order valence-corrected chi connectivity index (χ3v) is 5.95. The Morgan fingerprint density at radius 3 is 1.69 bits per heavy atom. The maximum absolute atomic E-state index is 7.28. The van der Waals surface area contributed by atoms with Crippen molar-refractivity contribution < 1.29 is 55.7 Å². The summed E-state index contributed by atoms with van der Waals surface area (Å²) in [7, 11) is 0. The molecule has 0 aliphatic heterocycles. The fraction of sp³-hybridized carbons (Fsp3) is 0.125. The van der Waals surface area contributed by atoms with Gasteiger partial charge < -0.3 is 14.9 Å². The average Bonchev–Trinajstić information content (AvgIpc) is 2.69. The number of nitrogens with zero attached hydrogens (tertiary/aromatic N) is 2. The van der Waals surface area contributed by atoms with Crippen LogP contribution in [0.25, 0.3) is 21.8 Å². The number of fused-ring (bicyclic) bond motifs is 3. The van der Waals surface area contributed by atoms with E-state index in [4.69, 9.17) is 3.91 Å². The minimum Gasteiger partial charge on any atom is -0.358 e. The van der Waals surface area contributed by atoms with Crippen molar-refractivity contribution in [3.63, 3.8) is 0 Å². The molecule has 29 heavy (non-hydrogen) atoms. The third kappa shape index (κ3) is 7.26. The Kier molecular flexibility index (Phi) is 12.7. The molecule has 5 heteroatoms. The van der Waals surface area contributed by atoms with E-state index in [1.807, 2.05) is 18.2 Å². The van der Waals surface area contributed by atoms with Gasteiger partial charge in [-0.05, 0) is 12.1 Å². The largest absolute Gasteiger partial charge is 0.358 e. The minimum absolute atomic E-state index is 0. The Labute approximate surface area is 212 Å². The molecule has 0 saturated heterocycles. The first kappa shape index (κ1) is 27.9. The van der Waals surface area contributed by atoms with Gasteiger partial charge in [-0.2, -0.15) is 0 Å². The number of rotatable bonds is 2. The van der Waals surface area contributed by atoms with Gasteiger partial charge in [0.15, 0.2) is 0 Å². The molecule has 0 atom stereocenters. The number of hydrogen-bond donors (Lipinski definition) is 1. The average molecular weight is 493 g/mol. The summed E-state index contributed by atoms with van der Waals surface area (Å²) in [4.78, 5) is 8.69. The maximum Gasteiger partial charge on any atom is 0.0964 e. The molecule has 0 fully saturated rings. The van der Waals surface area contributed by atoms with E-state index >= 15 is 0 Å². The molecule has 3 nitrogen and oxygen atoms in total. The number of pyridine rings is 2. The number of hydrogen-bond acceptors (Lipinski definition) is 3. The molecular weight excluding hydrogens is 466 g/mol. The van der Waals surface area contributed by atoms with E-state index in [9.17, 15) is 0 Å². The predicted octanol–water partition coefficient (Wildman–Crippen LogP) is 6.29. The molecule has 2 heterocycles. The monoisotopic (exact) mass is 495 g/mol. The molecule has 0 saturated carbocycles. The molecule has 0 amide bonds. The number of aromatic nitrogens is 2. The summed E-state index contributed by atoms with van der Waals surface area (Å²) in [5, 5.41) is 2.28. The van der Waals surface area contributed by atoms with Crippen molar-refractivity contribution in [3.8, 4) is 0 Å². The second kappa shape index (κ2) is 13.2. The molecule has 2 aromatic heterocycles. The van der Waals surface area contributed by atoms with Crippen molar-refractivity contribution >= 4 is 26.2 Å². The van der Waals surface area contributed by atoms with Gasteiger partial charge in [0.2, 0.25) is 0 Å². The van der Waals surface area contributed by atoms with Crippen molar-refractivity contribution in [1.82, 2.24) is 9.97 Å². The molecular formula is C24H27ArMoN3. The Morgan fingerprint density at radius 2 is 1.24 bits per heavy atom. The molecule has 0 radical (unpaired) electrons. The molecule has 0 unspecified atom stereocenters. The summed E-state index contributed by atoms with van der Waals surface area (Å²) in [6, 6.07) is 22.5. The van der Waals surface area contributed by atoms with E-state index in [1.165, 1.54) is 5.56 Å². The second-order valence-electron chi connectivity index (χ2n) is 6.54. The topological polar surface area (TPSA) is 49.6 Å². The first-order valence-corrected chi connectivity index (χ1v) is 10.6. The third-order valence-electron chi connectivity index (χ3n) is 4.22. The van der Waals surface area contributed by atoms with Crippen LogP contribution in [0.4, 0.5) is 0 Å². The quantitative estimate of drug-likeness (QED) is 0.203. The van der Waals surface area contributed by atoms with E-state index in [-0.39, 0.29) is 58.0 Å². The fourth-order valence-electron chi connectivity index (χ4n) is 2.76. The van der Waals surface area contributed by atoms with Crippen LogP contribution in [-0.2, 0) is 23.3 Å². The van der Waals surface area contributed by atoms with Crippen molar-refractivity contribution in [2.24, 2.45) is 0 Å². The van der Waals surface area contributed by atoms with Gasteiger partial charge in [-0.1, -0.05) is 24.3 Å². The maximum atomic E-state index is 7.28. The van der Waals surface area contributed by atoms with Crippen LogP contribution < -0.4 is 0 Å². The summed E-state index contributed by atoms with van der Waals surface area (Å²) in [6.45, 7) is 4.34. The molecule has 0 aliphatic carbocycles. The predicted molar refractivity (Wildman–Crippen MR) is 118 cm³/mol. The molecule has 4 aromatic rings. The van der Waals surface area contributed by atoms with Crippen molar-refractivity contribution in [1.29, 1.82) is 3.91 Å². The van der Waals surface area contributed by atoms with Gasteiger partial charge in [0.1, 0.15) is 0 Å². The van der Waals surface area contributed by atoms with E-state index in [0.717, 1.165) is 21.8 Å². The number of benzene rings is 2. The van der Waals surface area contributed by atoms with Gasteiger partial charge in [0, 0.05) is 60.9 Å². The normalized spacial score (nSPS) is 9.59. The zero-order valence-corrected chi connectivity index (χ0v) is 20.0. The standard InChI is InChI=1S/C12H8N2.C10H12.2CH3.Ar.Mo.HN/c1-3-9-5-6-10-4-2-8-14-12(10)11(9)13-7-1;1-10(2,3)9-7-5-4-6-8-9;;;;;/h1-8H;1,4-8H,2-3H3;2*1H3;;;1H/q;;2*-1;;+2;. The fourth-order valence-corrected chi connectivity index (χ4v) is 3.82. The van der Waals surface area contributed by atoms with Gasteiger partial charge >= 0.3 is 81.4 Å². The van der Waals surface area contributed by atoms with E-state index in [1.54, 1.807) is 12.4 Å². The summed E-state index contributed by atoms with van der Waals surface area (Å²) >= 11 is -0.639. The number of nitrogens with one attached hydrogen (secondary N) is 1. The smallest absolute Gasteiger partial charge is 0.0964 e. The van der Waals surface area contributed by atoms with Crippen molar-refractivity contribution in [2.75, 3.05) is 0 Å². The van der Waals surface area contributed by atoms with Crippen LogP contribution in [-0.4, -0.2) is 14.4 Å². The molecule has 152 valence electrons. The Bertz CT molecular complexity index is 1020. The van der Waals surface area contributed by atoms with Gasteiger partial charge in [-0.3, -0.25) is 9.97 Å². The van der Waals surface area contributed by atoms with E-state index in [2.05, 4.69) is 76.7 Å². The van der Waals surface area contributed by atoms with Gasteiger partial charge in [-0.15, -0.1) is 0 Å². The van der Waals surface area contributed by atoms with Gasteiger partial charge in [-0.25, -0.2) is 0 Å². The summed E-state index contributed by atoms with van der Waals surface area (Å²) in [5.41, 5.74) is 3.35. The van der Waals surface area contributed by atoms with Crippen LogP contribution in [0.1, 0.15) is 19.4 Å². The van der Waals surface area contributed by atoms with Crippen LogP contribution in [0.15, 0.2) is 79.1 Å². The molecule has 0 spiro atoms. The van der Waals surface area contributed by atoms with E-state index < -0.39 is 17.9 Å². The van der Waals surface area contributed by atoms with E-state index in [0.29, 0.717) is 0 Å². The van der Waals surface area contributed by atoms with Gasteiger partial charge in [0.25, 0.3) is 0 Å².